The van der Waals surface area contributed by atoms with Crippen LogP contribution in [0.2, 0.25) is 0 Å². The van der Waals surface area contributed by atoms with Crippen molar-refractivity contribution in [2.24, 2.45) is 5.41 Å². The molecule has 0 saturated carbocycles. The fourth-order valence-electron chi connectivity index (χ4n) is 5.57. The Morgan fingerprint density at radius 3 is 2.58 bits per heavy atom. The number of aryl methyl sites for hydroxylation is 2. The topological polar surface area (TPSA) is 124 Å². The maximum atomic E-state index is 14.3. The molecule has 36 heavy (non-hydrogen) atoms. The van der Waals surface area contributed by atoms with E-state index in [1.807, 2.05) is 32.0 Å². The lowest BCUT2D eigenvalue weighted by molar-refractivity contribution is -0.384. The van der Waals surface area contributed by atoms with Crippen LogP contribution >= 0.6 is 0 Å². The minimum Gasteiger partial charge on any atom is -0.349 e. The van der Waals surface area contributed by atoms with Crippen LogP contribution in [0.4, 0.5) is 11.4 Å². The Bertz CT molecular complexity index is 1520. The van der Waals surface area contributed by atoms with Crippen molar-refractivity contribution in [2.45, 2.75) is 31.8 Å². The molecule has 0 spiro atoms. The smallest absolute Gasteiger partial charge is 0.269 e. The molecule has 2 aliphatic rings. The Kier molecular flexibility index (Phi) is 5.38. The maximum absolute atomic E-state index is 14.3. The van der Waals surface area contributed by atoms with Crippen molar-refractivity contribution < 1.29 is 9.72 Å². The zero-order chi connectivity index (χ0) is 25.6. The standard InChI is InChI=1S/C28H21N5O3/c1-17-8-9-21(18(2)13-17)27(34)26-25(19-5-3-6-20(14-19)33(35)36)28(15-29,16-30)24-11-10-22-23(32(24)26)7-4-12-31-22/h3-14,24-26H,1-2H3/t24-,25+,26+/m1/s1. The van der Waals surface area contributed by atoms with E-state index < -0.39 is 28.3 Å². The molecule has 3 heterocycles. The zero-order valence-electron chi connectivity index (χ0n) is 19.6. The highest BCUT2D eigenvalue weighted by Gasteiger charge is 2.63. The summed E-state index contributed by atoms with van der Waals surface area (Å²) in [5.41, 5.74) is 2.06. The molecular weight excluding hydrogens is 454 g/mol. The quantitative estimate of drug-likeness (QED) is 0.299. The molecule has 0 N–H and O–H groups in total. The first kappa shape index (κ1) is 22.9. The van der Waals surface area contributed by atoms with E-state index in [2.05, 4.69) is 17.1 Å². The number of carbonyl (C=O) groups is 1. The van der Waals surface area contributed by atoms with E-state index in [1.54, 1.807) is 41.4 Å². The van der Waals surface area contributed by atoms with E-state index in [-0.39, 0.29) is 11.5 Å². The number of hydrogen-bond acceptors (Lipinski definition) is 7. The van der Waals surface area contributed by atoms with Crippen molar-refractivity contribution in [3.63, 3.8) is 0 Å². The molecule has 0 amide bonds. The molecule has 2 aromatic carbocycles. The second-order valence-electron chi connectivity index (χ2n) is 9.17. The summed E-state index contributed by atoms with van der Waals surface area (Å²) < 4.78 is 0. The number of ketones is 1. The van der Waals surface area contributed by atoms with Crippen LogP contribution in [0, 0.1) is 52.0 Å². The van der Waals surface area contributed by atoms with E-state index in [0.29, 0.717) is 22.5 Å². The van der Waals surface area contributed by atoms with Crippen LogP contribution in [0.3, 0.4) is 0 Å². The van der Waals surface area contributed by atoms with Gasteiger partial charge < -0.3 is 4.90 Å². The third-order valence-corrected chi connectivity index (χ3v) is 7.13. The predicted octanol–water partition coefficient (Wildman–Crippen LogP) is 4.89. The maximum Gasteiger partial charge on any atom is 0.269 e. The molecule has 3 aromatic rings. The molecule has 0 radical (unpaired) electrons. The Morgan fingerprint density at radius 2 is 1.89 bits per heavy atom. The second kappa shape index (κ2) is 8.44. The van der Waals surface area contributed by atoms with Gasteiger partial charge in [-0.25, -0.2) is 0 Å². The molecule has 0 aliphatic carbocycles. The third kappa shape index (κ3) is 3.27. The molecular formula is C28H21N5O3. The van der Waals surface area contributed by atoms with Gasteiger partial charge in [0.1, 0.15) is 6.04 Å². The average molecular weight is 476 g/mol. The number of nitro groups is 1. The van der Waals surface area contributed by atoms with Crippen LogP contribution in [-0.4, -0.2) is 27.8 Å². The van der Waals surface area contributed by atoms with Crippen LogP contribution in [-0.2, 0) is 0 Å². The molecule has 3 atom stereocenters. The first-order chi connectivity index (χ1) is 17.3. The number of rotatable bonds is 4. The summed E-state index contributed by atoms with van der Waals surface area (Å²) >= 11 is 0. The van der Waals surface area contributed by atoms with Gasteiger partial charge in [-0.15, -0.1) is 0 Å². The Labute approximate surface area is 207 Å². The van der Waals surface area contributed by atoms with Gasteiger partial charge in [0.2, 0.25) is 0 Å². The highest BCUT2D eigenvalue weighted by Crippen LogP contribution is 2.55. The molecule has 8 nitrogen and oxygen atoms in total. The molecule has 1 aromatic heterocycles. The minimum atomic E-state index is -1.68. The third-order valence-electron chi connectivity index (χ3n) is 7.13. The number of benzene rings is 2. The lowest BCUT2D eigenvalue weighted by atomic mass is 9.69. The van der Waals surface area contributed by atoms with E-state index in [0.717, 1.165) is 11.1 Å². The number of nitro benzene ring substituents is 1. The SMILES string of the molecule is Cc1ccc(C(=O)[C@@H]2[C@H](c3cccc([N+](=O)[O-])c3)C(C#N)(C#N)[C@H]3C=Cc4ncccc4N23)c(C)c1. The van der Waals surface area contributed by atoms with Crippen molar-refractivity contribution in [2.75, 3.05) is 4.90 Å². The van der Waals surface area contributed by atoms with Gasteiger partial charge in [-0.3, -0.25) is 19.9 Å². The van der Waals surface area contributed by atoms with Gasteiger partial charge in [0, 0.05) is 29.8 Å². The van der Waals surface area contributed by atoms with Gasteiger partial charge in [-0.2, -0.15) is 10.5 Å². The molecule has 176 valence electrons. The predicted molar refractivity (Wildman–Crippen MR) is 133 cm³/mol. The van der Waals surface area contributed by atoms with Crippen LogP contribution in [0.25, 0.3) is 6.08 Å². The van der Waals surface area contributed by atoms with Crippen LogP contribution < -0.4 is 4.90 Å². The summed E-state index contributed by atoms with van der Waals surface area (Å²) in [5.74, 6) is -1.21. The molecule has 1 saturated heterocycles. The first-order valence-electron chi connectivity index (χ1n) is 11.4. The highest BCUT2D eigenvalue weighted by atomic mass is 16.6. The van der Waals surface area contributed by atoms with E-state index >= 15 is 0 Å². The monoisotopic (exact) mass is 475 g/mol. The molecule has 0 unspecified atom stereocenters. The number of nitrogens with zero attached hydrogens (tertiary/aromatic N) is 5. The van der Waals surface area contributed by atoms with Gasteiger partial charge in [0.25, 0.3) is 5.69 Å². The number of hydrogen-bond donors (Lipinski definition) is 0. The van der Waals surface area contributed by atoms with Crippen molar-refractivity contribution in [1.82, 2.24) is 4.98 Å². The number of aromatic nitrogens is 1. The Balaban J connectivity index is 1.81. The zero-order valence-corrected chi connectivity index (χ0v) is 19.6. The van der Waals surface area contributed by atoms with Crippen molar-refractivity contribution >= 4 is 23.2 Å². The lowest BCUT2D eigenvalue weighted by Gasteiger charge is -2.35. The number of carbonyl (C=O) groups excluding carboxylic acids is 1. The lowest BCUT2D eigenvalue weighted by Crippen LogP contribution is -2.44. The van der Waals surface area contributed by atoms with Crippen molar-refractivity contribution in [3.05, 3.63) is 105 Å². The summed E-state index contributed by atoms with van der Waals surface area (Å²) in [4.78, 5) is 31.6. The summed E-state index contributed by atoms with van der Waals surface area (Å²) in [6.45, 7) is 3.79. The van der Waals surface area contributed by atoms with E-state index in [1.165, 1.54) is 18.2 Å². The van der Waals surface area contributed by atoms with Crippen molar-refractivity contribution in [1.29, 1.82) is 10.5 Å². The first-order valence-corrected chi connectivity index (χ1v) is 11.4. The van der Waals surface area contributed by atoms with Crippen LogP contribution in [0.5, 0.6) is 0 Å². The normalized spacial score (nSPS) is 21.1. The van der Waals surface area contributed by atoms with Gasteiger partial charge in [0.05, 0.1) is 34.5 Å². The van der Waals surface area contributed by atoms with Gasteiger partial charge in [-0.1, -0.05) is 42.0 Å². The molecule has 2 aliphatic heterocycles. The fourth-order valence-corrected chi connectivity index (χ4v) is 5.57. The van der Waals surface area contributed by atoms with Gasteiger partial charge in [0.15, 0.2) is 11.2 Å². The molecule has 5 rings (SSSR count). The number of non-ortho nitro benzene ring substituents is 1. The largest absolute Gasteiger partial charge is 0.349 e. The average Bonchev–Trinajstić information content (AvgIpc) is 3.19. The number of anilines is 1. The number of nitriles is 2. The Hall–Kier alpha value is -4.82. The second-order valence-corrected chi connectivity index (χ2v) is 9.17. The van der Waals surface area contributed by atoms with Gasteiger partial charge >= 0.3 is 0 Å². The van der Waals surface area contributed by atoms with Gasteiger partial charge in [-0.05, 0) is 43.2 Å². The summed E-state index contributed by atoms with van der Waals surface area (Å²) in [7, 11) is 0. The minimum absolute atomic E-state index is 0.169. The number of Topliss-reactive ketones (excluding diaryl/α,β-unsaturated/α-hetero) is 1. The summed E-state index contributed by atoms with van der Waals surface area (Å²) in [6, 6.07) is 17.7. The number of pyridine rings is 1. The van der Waals surface area contributed by atoms with Crippen LogP contribution in [0.15, 0.2) is 66.9 Å². The van der Waals surface area contributed by atoms with Crippen molar-refractivity contribution in [3.8, 4) is 12.1 Å². The number of fused-ring (bicyclic) bond motifs is 3. The summed E-state index contributed by atoms with van der Waals surface area (Å²) in [6.07, 6.45) is 5.14. The fraction of sp³-hybridized carbons (Fsp3) is 0.214. The summed E-state index contributed by atoms with van der Waals surface area (Å²) in [5, 5.41) is 32.5. The Morgan fingerprint density at radius 1 is 1.11 bits per heavy atom. The molecule has 8 heteroatoms. The molecule has 0 bridgehead atoms. The highest BCUT2D eigenvalue weighted by molar-refractivity contribution is 6.05. The molecule has 1 fully saturated rings. The van der Waals surface area contributed by atoms with Crippen LogP contribution in [0.1, 0.15) is 38.7 Å². The van der Waals surface area contributed by atoms with E-state index in [4.69, 9.17) is 0 Å². The van der Waals surface area contributed by atoms with E-state index in [9.17, 15) is 25.4 Å².